The Balaban J connectivity index is 0. The highest BCUT2D eigenvalue weighted by Gasteiger charge is 2.25. The molecule has 0 aliphatic rings. The van der Waals surface area contributed by atoms with E-state index in [1.54, 1.807) is 0 Å². The van der Waals surface area contributed by atoms with Gasteiger partial charge in [-0.05, 0) is 50.2 Å². The number of carbonyl (C=O) groups excluding carboxylic acids is 1. The molecule has 0 heterocycles. The van der Waals surface area contributed by atoms with Crippen LogP contribution in [0.25, 0.3) is 0 Å². The van der Waals surface area contributed by atoms with Crippen molar-refractivity contribution in [2.45, 2.75) is 80.6 Å². The highest BCUT2D eigenvalue weighted by atomic mass is 16.5. The average molecular weight is 323 g/mol. The Morgan fingerprint density at radius 2 is 1.48 bits per heavy atom. The first-order chi connectivity index (χ1) is 10.6. The van der Waals surface area contributed by atoms with Crippen LogP contribution in [0.3, 0.4) is 0 Å². The summed E-state index contributed by atoms with van der Waals surface area (Å²) in [4.78, 5) is 10.8. The van der Waals surface area contributed by atoms with Crippen LogP contribution in [0.15, 0.2) is 24.3 Å². The molecule has 2 nitrogen and oxygen atoms in total. The van der Waals surface area contributed by atoms with Gasteiger partial charge in [-0.2, -0.15) is 0 Å². The molecule has 0 aliphatic carbocycles. The molecule has 1 aromatic rings. The first-order valence-electron chi connectivity index (χ1n) is 8.77. The molecule has 134 valence electrons. The Labute approximate surface area is 144 Å². The van der Waals surface area contributed by atoms with Gasteiger partial charge in [-0.3, -0.25) is 4.79 Å². The molecule has 0 radical (unpaired) electrons. The average Bonchev–Trinajstić information content (AvgIpc) is 2.56. The van der Waals surface area contributed by atoms with Gasteiger partial charge in [0.25, 0.3) is 0 Å². The predicted octanol–water partition coefficient (Wildman–Crippen LogP) is 6.30. The molecular weight excluding hydrogens is 284 g/mol. The van der Waals surface area contributed by atoms with Crippen molar-refractivity contribution in [3.63, 3.8) is 0 Å². The van der Waals surface area contributed by atoms with Gasteiger partial charge in [0.05, 0.1) is 12.5 Å². The maximum atomic E-state index is 10.8. The second kappa shape index (κ2) is 11.3. The maximum Gasteiger partial charge on any atom is 0.311 e. The number of ether oxygens (including phenoxy) is 1. The normalized spacial score (nSPS) is 10.7. The van der Waals surface area contributed by atoms with E-state index in [9.17, 15) is 4.79 Å². The van der Waals surface area contributed by atoms with E-state index in [1.165, 1.54) is 24.7 Å². The van der Waals surface area contributed by atoms with Crippen molar-refractivity contribution in [1.82, 2.24) is 0 Å². The van der Waals surface area contributed by atoms with Crippen LogP contribution < -0.4 is 0 Å². The molecule has 23 heavy (non-hydrogen) atoms. The minimum atomic E-state index is -0.311. The van der Waals surface area contributed by atoms with E-state index in [1.807, 2.05) is 34.6 Å². The van der Waals surface area contributed by atoms with Crippen molar-refractivity contribution in [2.75, 3.05) is 7.11 Å². The Bertz CT molecular complexity index is 445. The van der Waals surface area contributed by atoms with Gasteiger partial charge in [-0.15, -0.1) is 0 Å². The molecular formula is C21H38O2. The standard InChI is InChI=1S/C12H18.C7H14O2.C2H6/c1-5-12(3,4)11-9-7-6-8-10(11)2;1-5-7(2,3)6(8)9-4;1-2/h6-9H,5H2,1-4H3;5H2,1-4H3;1-2H3. The second-order valence-corrected chi connectivity index (χ2v) is 6.78. The van der Waals surface area contributed by atoms with Crippen molar-refractivity contribution >= 4 is 5.97 Å². The van der Waals surface area contributed by atoms with Crippen LogP contribution in [0.4, 0.5) is 0 Å². The quantitative estimate of drug-likeness (QED) is 0.608. The summed E-state index contributed by atoms with van der Waals surface area (Å²) in [5.74, 6) is -0.134. The van der Waals surface area contributed by atoms with E-state index < -0.39 is 0 Å². The van der Waals surface area contributed by atoms with Crippen molar-refractivity contribution in [2.24, 2.45) is 5.41 Å². The third-order valence-electron chi connectivity index (χ3n) is 4.38. The molecule has 0 fully saturated rings. The summed E-state index contributed by atoms with van der Waals surface area (Å²) in [5.41, 5.74) is 2.90. The minimum absolute atomic E-state index is 0.134. The molecule has 0 saturated carbocycles. The summed E-state index contributed by atoms with van der Waals surface area (Å²) in [6.45, 7) is 18.7. The van der Waals surface area contributed by atoms with Crippen molar-refractivity contribution in [3.8, 4) is 0 Å². The maximum absolute atomic E-state index is 10.8. The Morgan fingerprint density at radius 3 is 1.78 bits per heavy atom. The lowest BCUT2D eigenvalue weighted by atomic mass is 9.80. The number of hydrogen-bond acceptors (Lipinski definition) is 2. The molecule has 0 aromatic heterocycles. The molecule has 0 bridgehead atoms. The lowest BCUT2D eigenvalue weighted by Crippen LogP contribution is -2.24. The minimum Gasteiger partial charge on any atom is -0.469 e. The van der Waals surface area contributed by atoms with Gasteiger partial charge < -0.3 is 4.74 Å². The third-order valence-corrected chi connectivity index (χ3v) is 4.38. The van der Waals surface area contributed by atoms with Crippen LogP contribution in [-0.4, -0.2) is 13.1 Å². The van der Waals surface area contributed by atoms with Gasteiger partial charge >= 0.3 is 5.97 Å². The van der Waals surface area contributed by atoms with Gasteiger partial charge in [0, 0.05) is 0 Å². The van der Waals surface area contributed by atoms with E-state index in [0.717, 1.165) is 6.42 Å². The van der Waals surface area contributed by atoms with Crippen LogP contribution in [-0.2, 0) is 14.9 Å². The van der Waals surface area contributed by atoms with Gasteiger partial charge in [0.15, 0.2) is 0 Å². The topological polar surface area (TPSA) is 26.3 Å². The lowest BCUT2D eigenvalue weighted by molar-refractivity contribution is -0.150. The Hall–Kier alpha value is -1.31. The molecule has 0 aliphatic heterocycles. The number of methoxy groups -OCH3 is 1. The zero-order chi connectivity index (χ0) is 18.7. The third kappa shape index (κ3) is 8.20. The fourth-order valence-corrected chi connectivity index (χ4v) is 1.94. The number of carbonyl (C=O) groups is 1. The van der Waals surface area contributed by atoms with E-state index in [4.69, 9.17) is 0 Å². The number of benzene rings is 1. The van der Waals surface area contributed by atoms with Crippen LogP contribution in [0, 0.1) is 12.3 Å². The zero-order valence-corrected chi connectivity index (χ0v) is 17.0. The predicted molar refractivity (Wildman–Crippen MR) is 102 cm³/mol. The molecule has 0 N–H and O–H groups in total. The Kier molecular flexibility index (Phi) is 11.7. The number of rotatable bonds is 4. The number of hydrogen-bond donors (Lipinski definition) is 0. The molecule has 0 amide bonds. The fraction of sp³-hybridized carbons (Fsp3) is 0.667. The van der Waals surface area contributed by atoms with Crippen LogP contribution >= 0.6 is 0 Å². The fourth-order valence-electron chi connectivity index (χ4n) is 1.94. The highest BCUT2D eigenvalue weighted by molar-refractivity contribution is 5.75. The van der Waals surface area contributed by atoms with Gasteiger partial charge in [-0.1, -0.05) is 65.8 Å². The monoisotopic (exact) mass is 322 g/mol. The lowest BCUT2D eigenvalue weighted by Gasteiger charge is -2.25. The van der Waals surface area contributed by atoms with Crippen molar-refractivity contribution < 1.29 is 9.53 Å². The van der Waals surface area contributed by atoms with Gasteiger partial charge in [0.1, 0.15) is 0 Å². The van der Waals surface area contributed by atoms with Crippen LogP contribution in [0.2, 0.25) is 0 Å². The van der Waals surface area contributed by atoms with Crippen LogP contribution in [0.1, 0.15) is 79.4 Å². The summed E-state index contributed by atoms with van der Waals surface area (Å²) in [7, 11) is 1.42. The first-order valence-corrected chi connectivity index (χ1v) is 8.77. The highest BCUT2D eigenvalue weighted by Crippen LogP contribution is 2.28. The summed E-state index contributed by atoms with van der Waals surface area (Å²) >= 11 is 0. The molecule has 1 rings (SSSR count). The Morgan fingerprint density at radius 1 is 1.00 bits per heavy atom. The summed E-state index contributed by atoms with van der Waals surface area (Å²) in [5, 5.41) is 0. The molecule has 0 atom stereocenters. The molecule has 1 aromatic carbocycles. The zero-order valence-electron chi connectivity index (χ0n) is 17.0. The SMILES string of the molecule is CC.CCC(C)(C)C(=O)OC.CCC(C)(C)c1ccccc1C. The largest absolute Gasteiger partial charge is 0.469 e. The summed E-state index contributed by atoms with van der Waals surface area (Å²) < 4.78 is 4.57. The van der Waals surface area contributed by atoms with Crippen molar-refractivity contribution in [1.29, 1.82) is 0 Å². The van der Waals surface area contributed by atoms with Crippen molar-refractivity contribution in [3.05, 3.63) is 35.4 Å². The van der Waals surface area contributed by atoms with Gasteiger partial charge in [0.2, 0.25) is 0 Å². The van der Waals surface area contributed by atoms with Gasteiger partial charge in [-0.25, -0.2) is 0 Å². The first kappa shape index (κ1) is 23.9. The molecule has 0 unspecified atom stereocenters. The molecule has 0 saturated heterocycles. The summed E-state index contributed by atoms with van der Waals surface area (Å²) in [6.07, 6.45) is 2.01. The number of esters is 1. The summed E-state index contributed by atoms with van der Waals surface area (Å²) in [6, 6.07) is 8.65. The molecule has 0 spiro atoms. The van der Waals surface area contributed by atoms with E-state index in [2.05, 4.69) is 56.7 Å². The van der Waals surface area contributed by atoms with Crippen LogP contribution in [0.5, 0.6) is 0 Å². The van der Waals surface area contributed by atoms with E-state index >= 15 is 0 Å². The second-order valence-electron chi connectivity index (χ2n) is 6.78. The number of aryl methyl sites for hydroxylation is 1. The smallest absolute Gasteiger partial charge is 0.311 e. The molecule has 2 heteroatoms. The van der Waals surface area contributed by atoms with E-state index in [0.29, 0.717) is 5.41 Å². The van der Waals surface area contributed by atoms with E-state index in [-0.39, 0.29) is 11.4 Å².